The van der Waals surface area contributed by atoms with Crippen molar-refractivity contribution < 1.29 is 9.53 Å². The first kappa shape index (κ1) is 9.27. The summed E-state index contributed by atoms with van der Waals surface area (Å²) in [7, 11) is 1.51. The largest absolute Gasteiger partial charge is 0.496 e. The Morgan fingerprint density at radius 1 is 1.54 bits per heavy atom. The monoisotopic (exact) mass is 175 g/mol. The third kappa shape index (κ3) is 1.67. The second-order valence-electron chi connectivity index (χ2n) is 2.63. The normalized spacial score (nSPS) is 9.00. The fourth-order valence-corrected chi connectivity index (χ4v) is 1.11. The van der Waals surface area contributed by atoms with E-state index in [9.17, 15) is 4.79 Å². The van der Waals surface area contributed by atoms with E-state index < -0.39 is 0 Å². The van der Waals surface area contributed by atoms with Crippen LogP contribution in [0.15, 0.2) is 12.1 Å². The van der Waals surface area contributed by atoms with Crippen LogP contribution in [-0.2, 0) is 0 Å². The Morgan fingerprint density at radius 3 is 2.69 bits per heavy atom. The molecule has 0 spiro atoms. The lowest BCUT2D eigenvalue weighted by atomic mass is 10.1. The van der Waals surface area contributed by atoms with Gasteiger partial charge in [-0.25, -0.2) is 0 Å². The molecule has 1 aromatic carbocycles. The van der Waals surface area contributed by atoms with Gasteiger partial charge < -0.3 is 4.74 Å². The zero-order valence-electron chi connectivity index (χ0n) is 7.50. The molecule has 1 aromatic rings. The quantitative estimate of drug-likeness (QED) is 0.642. The third-order valence-corrected chi connectivity index (χ3v) is 1.86. The van der Waals surface area contributed by atoms with Crippen LogP contribution in [0, 0.1) is 18.3 Å². The van der Waals surface area contributed by atoms with E-state index in [2.05, 4.69) is 0 Å². The lowest BCUT2D eigenvalue weighted by Gasteiger charge is -2.06. The summed E-state index contributed by atoms with van der Waals surface area (Å²) in [6, 6.07) is 5.17. The molecule has 0 N–H and O–H groups in total. The van der Waals surface area contributed by atoms with Gasteiger partial charge in [0, 0.05) is 11.1 Å². The molecule has 1 rings (SSSR count). The Morgan fingerprint density at radius 2 is 2.23 bits per heavy atom. The molecule has 0 aliphatic heterocycles. The van der Waals surface area contributed by atoms with Gasteiger partial charge in [0.1, 0.15) is 12.0 Å². The summed E-state index contributed by atoms with van der Waals surface area (Å²) in [5.41, 5.74) is 1.69. The van der Waals surface area contributed by atoms with E-state index in [0.29, 0.717) is 23.2 Å². The van der Waals surface area contributed by atoms with Crippen LogP contribution in [0.4, 0.5) is 0 Å². The van der Waals surface area contributed by atoms with Gasteiger partial charge in [-0.1, -0.05) is 0 Å². The number of nitrogens with zero attached hydrogens (tertiary/aromatic N) is 1. The Bertz CT molecular complexity index is 377. The minimum atomic E-state index is 0.457. The molecule has 0 saturated carbocycles. The van der Waals surface area contributed by atoms with Gasteiger partial charge in [0.2, 0.25) is 0 Å². The number of carbonyl (C=O) groups excluding carboxylic acids is 1. The number of ether oxygens (including phenoxy) is 1. The van der Waals surface area contributed by atoms with Crippen LogP contribution >= 0.6 is 0 Å². The van der Waals surface area contributed by atoms with Crippen molar-refractivity contribution in [1.82, 2.24) is 0 Å². The van der Waals surface area contributed by atoms with Gasteiger partial charge in [-0.05, 0) is 19.1 Å². The van der Waals surface area contributed by atoms with Crippen LogP contribution in [-0.4, -0.2) is 13.4 Å². The summed E-state index contributed by atoms with van der Waals surface area (Å²) in [4.78, 5) is 10.5. The molecule has 0 aliphatic carbocycles. The second-order valence-corrected chi connectivity index (χ2v) is 2.63. The van der Waals surface area contributed by atoms with Crippen molar-refractivity contribution in [2.75, 3.05) is 7.11 Å². The summed E-state index contributed by atoms with van der Waals surface area (Å²) in [6.07, 6.45) is 0.697. The Kier molecular flexibility index (Phi) is 2.65. The van der Waals surface area contributed by atoms with E-state index >= 15 is 0 Å². The molecule has 0 aliphatic rings. The van der Waals surface area contributed by atoms with Crippen molar-refractivity contribution in [2.24, 2.45) is 0 Å². The standard InChI is InChI=1S/C10H9NO2/c1-7-9(5-11)3-8(6-12)4-10(7)13-2/h3-4,6H,1-2H3. The highest BCUT2D eigenvalue weighted by molar-refractivity contribution is 5.77. The topological polar surface area (TPSA) is 50.1 Å². The number of hydrogen-bond acceptors (Lipinski definition) is 3. The maximum Gasteiger partial charge on any atom is 0.150 e. The van der Waals surface area contributed by atoms with Gasteiger partial charge >= 0.3 is 0 Å². The lowest BCUT2D eigenvalue weighted by molar-refractivity contribution is 0.112. The van der Waals surface area contributed by atoms with E-state index in [1.165, 1.54) is 7.11 Å². The third-order valence-electron chi connectivity index (χ3n) is 1.86. The molecule has 0 saturated heterocycles. The summed E-state index contributed by atoms with van der Waals surface area (Å²) in [5, 5.41) is 8.74. The number of benzene rings is 1. The predicted octanol–water partition coefficient (Wildman–Crippen LogP) is 1.69. The van der Waals surface area contributed by atoms with Crippen molar-refractivity contribution in [3.8, 4) is 11.8 Å². The fraction of sp³-hybridized carbons (Fsp3) is 0.200. The minimum Gasteiger partial charge on any atom is -0.496 e. The van der Waals surface area contributed by atoms with Crippen molar-refractivity contribution in [1.29, 1.82) is 5.26 Å². The highest BCUT2D eigenvalue weighted by Crippen LogP contribution is 2.22. The highest BCUT2D eigenvalue weighted by Gasteiger charge is 2.06. The van der Waals surface area contributed by atoms with E-state index in [1.54, 1.807) is 19.1 Å². The van der Waals surface area contributed by atoms with Crippen LogP contribution in [0.5, 0.6) is 5.75 Å². The SMILES string of the molecule is COc1cc(C=O)cc(C#N)c1C. The molecule has 0 fully saturated rings. The molecule has 0 heterocycles. The van der Waals surface area contributed by atoms with Gasteiger partial charge in [0.25, 0.3) is 0 Å². The average Bonchev–Trinajstić information content (AvgIpc) is 2.18. The number of methoxy groups -OCH3 is 1. The average molecular weight is 175 g/mol. The Labute approximate surface area is 76.6 Å². The number of carbonyl (C=O) groups is 1. The van der Waals surface area contributed by atoms with Crippen LogP contribution in [0.1, 0.15) is 21.5 Å². The van der Waals surface area contributed by atoms with E-state index in [1.807, 2.05) is 6.07 Å². The van der Waals surface area contributed by atoms with Crippen LogP contribution in [0.3, 0.4) is 0 Å². The molecule has 0 aromatic heterocycles. The first-order chi connectivity index (χ1) is 6.22. The molecule has 0 bridgehead atoms. The van der Waals surface area contributed by atoms with Crippen LogP contribution in [0.2, 0.25) is 0 Å². The number of nitriles is 1. The van der Waals surface area contributed by atoms with Crippen LogP contribution in [0.25, 0.3) is 0 Å². The highest BCUT2D eigenvalue weighted by atomic mass is 16.5. The van der Waals surface area contributed by atoms with Crippen molar-refractivity contribution in [3.63, 3.8) is 0 Å². The predicted molar refractivity (Wildman–Crippen MR) is 47.8 cm³/mol. The summed E-state index contributed by atoms with van der Waals surface area (Å²) < 4.78 is 5.02. The van der Waals surface area contributed by atoms with Gasteiger partial charge in [0.15, 0.2) is 0 Å². The molecule has 3 heteroatoms. The minimum absolute atomic E-state index is 0.457. The molecular formula is C10H9NO2. The summed E-state index contributed by atoms with van der Waals surface area (Å²) >= 11 is 0. The molecular weight excluding hydrogens is 166 g/mol. The zero-order chi connectivity index (χ0) is 9.84. The molecule has 66 valence electrons. The lowest BCUT2D eigenvalue weighted by Crippen LogP contribution is -1.93. The first-order valence-electron chi connectivity index (χ1n) is 3.77. The zero-order valence-corrected chi connectivity index (χ0v) is 7.50. The molecule has 13 heavy (non-hydrogen) atoms. The van der Waals surface area contributed by atoms with Gasteiger partial charge in [-0.15, -0.1) is 0 Å². The van der Waals surface area contributed by atoms with Gasteiger partial charge in [-0.2, -0.15) is 5.26 Å². The fourth-order valence-electron chi connectivity index (χ4n) is 1.11. The van der Waals surface area contributed by atoms with Crippen molar-refractivity contribution in [3.05, 3.63) is 28.8 Å². The Balaban J connectivity index is 3.39. The van der Waals surface area contributed by atoms with Crippen molar-refractivity contribution >= 4 is 6.29 Å². The number of rotatable bonds is 2. The first-order valence-corrected chi connectivity index (χ1v) is 3.77. The van der Waals surface area contributed by atoms with E-state index in [0.717, 1.165) is 5.56 Å². The number of hydrogen-bond donors (Lipinski definition) is 0. The van der Waals surface area contributed by atoms with Crippen LogP contribution < -0.4 is 4.74 Å². The van der Waals surface area contributed by atoms with E-state index in [-0.39, 0.29) is 0 Å². The number of aldehydes is 1. The maximum absolute atomic E-state index is 10.5. The summed E-state index contributed by atoms with van der Waals surface area (Å²) in [5.74, 6) is 0.571. The molecule has 0 radical (unpaired) electrons. The molecule has 0 unspecified atom stereocenters. The second kappa shape index (κ2) is 3.72. The van der Waals surface area contributed by atoms with Gasteiger partial charge in [-0.3, -0.25) is 4.79 Å². The molecule has 0 atom stereocenters. The molecule has 3 nitrogen and oxygen atoms in total. The van der Waals surface area contributed by atoms with Gasteiger partial charge in [0.05, 0.1) is 18.7 Å². The smallest absolute Gasteiger partial charge is 0.150 e. The molecule has 0 amide bonds. The maximum atomic E-state index is 10.5. The Hall–Kier alpha value is -1.82. The van der Waals surface area contributed by atoms with Crippen molar-refractivity contribution in [2.45, 2.75) is 6.92 Å². The summed E-state index contributed by atoms with van der Waals surface area (Å²) in [6.45, 7) is 1.78. The van der Waals surface area contributed by atoms with E-state index in [4.69, 9.17) is 10.00 Å².